The summed E-state index contributed by atoms with van der Waals surface area (Å²) in [6.45, 7) is 8.26. The molecule has 0 aliphatic carbocycles. The fourth-order valence-electron chi connectivity index (χ4n) is 2.95. The van der Waals surface area contributed by atoms with E-state index in [1.165, 1.54) is 36.8 Å². The Morgan fingerprint density at radius 2 is 2.10 bits per heavy atom. The molecule has 3 heteroatoms. The van der Waals surface area contributed by atoms with Crippen molar-refractivity contribution in [3.8, 4) is 5.75 Å². The molecular formula is C17H26ClNO. The zero-order chi connectivity index (χ0) is 14.5. The lowest BCUT2D eigenvalue weighted by Gasteiger charge is -2.29. The van der Waals surface area contributed by atoms with E-state index in [2.05, 4.69) is 25.2 Å². The van der Waals surface area contributed by atoms with E-state index in [0.717, 1.165) is 35.9 Å². The first-order valence-electron chi connectivity index (χ1n) is 7.81. The molecule has 1 heterocycles. The molecule has 1 aromatic rings. The van der Waals surface area contributed by atoms with Crippen LogP contribution in [0.3, 0.4) is 0 Å². The number of hydrogen-bond acceptors (Lipinski definition) is 2. The second-order valence-electron chi connectivity index (χ2n) is 5.75. The minimum absolute atomic E-state index is 0.387. The molecule has 1 atom stereocenters. The highest BCUT2D eigenvalue weighted by molar-refractivity contribution is 6.32. The molecule has 0 fully saturated rings. The van der Waals surface area contributed by atoms with Crippen molar-refractivity contribution in [3.63, 3.8) is 0 Å². The van der Waals surface area contributed by atoms with Gasteiger partial charge in [-0.05, 0) is 44.0 Å². The number of aryl methyl sites for hydroxylation is 1. The van der Waals surface area contributed by atoms with Crippen LogP contribution >= 0.6 is 11.6 Å². The average molecular weight is 296 g/mol. The van der Waals surface area contributed by atoms with Crippen LogP contribution in [0.1, 0.15) is 61.8 Å². The predicted molar refractivity (Wildman–Crippen MR) is 85.9 cm³/mol. The molecule has 0 saturated heterocycles. The standard InChI is InChI=1S/C17H26ClNO/c1-4-5-6-7-9-19-14-8-10-20-15-11-12(2)17(18)13(3)16(14)15/h11,14,19H,4-10H2,1-3H3. The zero-order valence-electron chi connectivity index (χ0n) is 12.9. The van der Waals surface area contributed by atoms with Crippen LogP contribution in [0.2, 0.25) is 5.02 Å². The topological polar surface area (TPSA) is 21.3 Å². The number of nitrogens with one attached hydrogen (secondary N) is 1. The normalized spacial score (nSPS) is 17.7. The van der Waals surface area contributed by atoms with Crippen molar-refractivity contribution in [2.24, 2.45) is 0 Å². The molecule has 0 amide bonds. The monoisotopic (exact) mass is 295 g/mol. The fraction of sp³-hybridized carbons (Fsp3) is 0.647. The maximum atomic E-state index is 6.40. The lowest BCUT2D eigenvalue weighted by molar-refractivity contribution is 0.251. The Morgan fingerprint density at radius 1 is 1.30 bits per heavy atom. The third-order valence-corrected chi connectivity index (χ3v) is 4.71. The van der Waals surface area contributed by atoms with E-state index in [0.29, 0.717) is 6.04 Å². The molecule has 2 nitrogen and oxygen atoms in total. The van der Waals surface area contributed by atoms with Gasteiger partial charge in [0.15, 0.2) is 0 Å². The van der Waals surface area contributed by atoms with E-state index in [9.17, 15) is 0 Å². The minimum atomic E-state index is 0.387. The van der Waals surface area contributed by atoms with Crippen LogP contribution in [0.4, 0.5) is 0 Å². The number of ether oxygens (including phenoxy) is 1. The first-order valence-corrected chi connectivity index (χ1v) is 8.18. The van der Waals surface area contributed by atoms with Crippen LogP contribution < -0.4 is 10.1 Å². The van der Waals surface area contributed by atoms with E-state index >= 15 is 0 Å². The Labute approximate surface area is 127 Å². The SMILES string of the molecule is CCCCCCNC1CCOc2cc(C)c(Cl)c(C)c21. The van der Waals surface area contributed by atoms with Gasteiger partial charge in [0.1, 0.15) is 5.75 Å². The third-order valence-electron chi connectivity index (χ3n) is 4.13. The van der Waals surface area contributed by atoms with Gasteiger partial charge >= 0.3 is 0 Å². The van der Waals surface area contributed by atoms with Gasteiger partial charge in [-0.2, -0.15) is 0 Å². The van der Waals surface area contributed by atoms with Crippen LogP contribution in [0, 0.1) is 13.8 Å². The van der Waals surface area contributed by atoms with Gasteiger partial charge in [-0.25, -0.2) is 0 Å². The van der Waals surface area contributed by atoms with Crippen molar-refractivity contribution in [2.45, 2.75) is 58.9 Å². The molecule has 20 heavy (non-hydrogen) atoms. The summed E-state index contributed by atoms with van der Waals surface area (Å²) in [5, 5.41) is 4.57. The zero-order valence-corrected chi connectivity index (χ0v) is 13.6. The molecule has 0 spiro atoms. The molecule has 1 aliphatic heterocycles. The summed E-state index contributed by atoms with van der Waals surface area (Å²) in [5.41, 5.74) is 3.54. The molecule has 112 valence electrons. The molecule has 0 aromatic heterocycles. The number of fused-ring (bicyclic) bond motifs is 1. The van der Waals surface area contributed by atoms with E-state index in [4.69, 9.17) is 16.3 Å². The summed E-state index contributed by atoms with van der Waals surface area (Å²) in [4.78, 5) is 0. The van der Waals surface area contributed by atoms with E-state index in [1.807, 2.05) is 6.92 Å². The molecule has 1 unspecified atom stereocenters. The van der Waals surface area contributed by atoms with E-state index in [-0.39, 0.29) is 0 Å². The molecule has 1 aliphatic rings. The minimum Gasteiger partial charge on any atom is -0.493 e. The predicted octanol–water partition coefficient (Wildman–Crippen LogP) is 4.95. The summed E-state index contributed by atoms with van der Waals surface area (Å²) in [7, 11) is 0. The maximum absolute atomic E-state index is 6.40. The number of hydrogen-bond donors (Lipinski definition) is 1. The van der Waals surface area contributed by atoms with Crippen molar-refractivity contribution in [2.75, 3.05) is 13.2 Å². The molecule has 0 radical (unpaired) electrons. The van der Waals surface area contributed by atoms with Gasteiger partial charge in [0.25, 0.3) is 0 Å². The number of halogens is 1. The summed E-state index contributed by atoms with van der Waals surface area (Å²) < 4.78 is 5.82. The Bertz CT molecular complexity index is 459. The Balaban J connectivity index is 2.06. The Morgan fingerprint density at radius 3 is 2.85 bits per heavy atom. The van der Waals surface area contributed by atoms with E-state index in [1.54, 1.807) is 0 Å². The van der Waals surface area contributed by atoms with Gasteiger partial charge in [0.2, 0.25) is 0 Å². The molecule has 0 saturated carbocycles. The largest absolute Gasteiger partial charge is 0.493 e. The number of unbranched alkanes of at least 4 members (excludes halogenated alkanes) is 3. The van der Waals surface area contributed by atoms with Crippen LogP contribution in [0.5, 0.6) is 5.75 Å². The second-order valence-corrected chi connectivity index (χ2v) is 6.13. The first-order chi connectivity index (χ1) is 9.65. The van der Waals surface area contributed by atoms with Crippen molar-refractivity contribution in [1.82, 2.24) is 5.32 Å². The maximum Gasteiger partial charge on any atom is 0.124 e. The fourth-order valence-corrected chi connectivity index (χ4v) is 3.11. The number of rotatable bonds is 6. The molecule has 1 aromatic carbocycles. The average Bonchev–Trinajstić information content (AvgIpc) is 2.44. The quantitative estimate of drug-likeness (QED) is 0.750. The molecular weight excluding hydrogens is 270 g/mol. The van der Waals surface area contributed by atoms with Crippen LogP contribution in [0.25, 0.3) is 0 Å². The highest BCUT2D eigenvalue weighted by atomic mass is 35.5. The highest BCUT2D eigenvalue weighted by Gasteiger charge is 2.25. The highest BCUT2D eigenvalue weighted by Crippen LogP contribution is 2.39. The van der Waals surface area contributed by atoms with Gasteiger partial charge < -0.3 is 10.1 Å². The van der Waals surface area contributed by atoms with Crippen molar-refractivity contribution in [1.29, 1.82) is 0 Å². The third kappa shape index (κ3) is 3.48. The van der Waals surface area contributed by atoms with Gasteiger partial charge in [-0.15, -0.1) is 0 Å². The summed E-state index contributed by atoms with van der Waals surface area (Å²) in [5.74, 6) is 1.02. The van der Waals surface area contributed by atoms with Crippen molar-refractivity contribution in [3.05, 3.63) is 27.8 Å². The van der Waals surface area contributed by atoms with Crippen LogP contribution in [0.15, 0.2) is 6.07 Å². The molecule has 1 N–H and O–H groups in total. The van der Waals surface area contributed by atoms with Gasteiger partial charge in [-0.1, -0.05) is 37.8 Å². The summed E-state index contributed by atoms with van der Waals surface area (Å²) >= 11 is 6.40. The van der Waals surface area contributed by atoms with Gasteiger partial charge in [-0.3, -0.25) is 0 Å². The lowest BCUT2D eigenvalue weighted by Crippen LogP contribution is -2.28. The molecule has 2 rings (SSSR count). The Hall–Kier alpha value is -0.730. The number of benzene rings is 1. The molecule has 0 bridgehead atoms. The van der Waals surface area contributed by atoms with Crippen molar-refractivity contribution < 1.29 is 4.74 Å². The van der Waals surface area contributed by atoms with E-state index < -0.39 is 0 Å². The smallest absolute Gasteiger partial charge is 0.124 e. The lowest BCUT2D eigenvalue weighted by atomic mass is 9.94. The van der Waals surface area contributed by atoms with Crippen molar-refractivity contribution >= 4 is 11.6 Å². The van der Waals surface area contributed by atoms with Crippen LogP contribution in [-0.4, -0.2) is 13.2 Å². The summed E-state index contributed by atoms with van der Waals surface area (Å²) in [6, 6.07) is 2.47. The first kappa shape index (κ1) is 15.7. The van der Waals surface area contributed by atoms with Gasteiger partial charge in [0.05, 0.1) is 6.61 Å². The van der Waals surface area contributed by atoms with Gasteiger partial charge in [0, 0.05) is 23.0 Å². The Kier molecular flexibility index (Phi) is 5.74. The summed E-state index contributed by atoms with van der Waals surface area (Å²) in [6.07, 6.45) is 6.21. The van der Waals surface area contributed by atoms with Crippen LogP contribution in [-0.2, 0) is 0 Å². The second kappa shape index (κ2) is 7.33.